The Bertz CT molecular complexity index is 616. The summed E-state index contributed by atoms with van der Waals surface area (Å²) in [7, 11) is -3.61. The van der Waals surface area contributed by atoms with Gasteiger partial charge in [0.25, 0.3) is 0 Å². The molecule has 116 valence electrons. The second-order valence-corrected chi connectivity index (χ2v) is 7.44. The highest BCUT2D eigenvalue weighted by Gasteiger charge is 2.36. The maximum absolute atomic E-state index is 12.9. The van der Waals surface area contributed by atoms with Crippen LogP contribution in [0.4, 0.5) is 0 Å². The monoisotopic (exact) mass is 328 g/mol. The zero-order valence-corrected chi connectivity index (χ0v) is 13.4. The lowest BCUT2D eigenvalue weighted by atomic mass is 10.1. The fourth-order valence-corrected chi connectivity index (χ4v) is 4.94. The lowest BCUT2D eigenvalue weighted by Crippen LogP contribution is -2.36. The molecule has 2 rings (SSSR count). The zero-order valence-electron chi connectivity index (χ0n) is 11.7. The number of benzene rings is 1. The summed E-state index contributed by atoms with van der Waals surface area (Å²) in [6, 6.07) is 6.52. The third-order valence-corrected chi connectivity index (χ3v) is 5.99. The molecule has 1 saturated heterocycles. The van der Waals surface area contributed by atoms with Crippen molar-refractivity contribution in [2.45, 2.75) is 36.6 Å². The first-order valence-electron chi connectivity index (χ1n) is 7.00. The van der Waals surface area contributed by atoms with Crippen LogP contribution in [-0.2, 0) is 10.0 Å². The summed E-state index contributed by atoms with van der Waals surface area (Å²) >= 11 is 4.95. The molecule has 1 unspecified atom stereocenters. The molecule has 0 amide bonds. The number of hydrogen-bond acceptors (Lipinski definition) is 4. The summed E-state index contributed by atoms with van der Waals surface area (Å²) in [4.78, 5) is 0.258. The standard InChI is InChI=1S/C14H20N2O3S2/c15-14(20)12-7-1-2-8-13(12)21(18,19)16-9-3-5-11(16)6-4-10-17/h1-2,7-8,11,17H,3-6,9-10H2,(H2,15,20). The van der Waals surface area contributed by atoms with Crippen molar-refractivity contribution in [3.63, 3.8) is 0 Å². The van der Waals surface area contributed by atoms with Crippen LogP contribution in [0.2, 0.25) is 0 Å². The van der Waals surface area contributed by atoms with Gasteiger partial charge < -0.3 is 10.8 Å². The molecule has 3 N–H and O–H groups in total. The highest BCUT2D eigenvalue weighted by molar-refractivity contribution is 7.89. The van der Waals surface area contributed by atoms with Crippen molar-refractivity contribution in [1.82, 2.24) is 4.31 Å². The van der Waals surface area contributed by atoms with Crippen LogP contribution >= 0.6 is 12.2 Å². The average molecular weight is 328 g/mol. The van der Waals surface area contributed by atoms with Crippen LogP contribution in [0.15, 0.2) is 29.2 Å². The highest BCUT2D eigenvalue weighted by atomic mass is 32.2. The topological polar surface area (TPSA) is 83.6 Å². The van der Waals surface area contributed by atoms with E-state index in [1.807, 2.05) is 0 Å². The first kappa shape index (κ1) is 16.4. The van der Waals surface area contributed by atoms with E-state index in [1.54, 1.807) is 24.3 Å². The smallest absolute Gasteiger partial charge is 0.244 e. The van der Waals surface area contributed by atoms with Crippen LogP contribution in [0.1, 0.15) is 31.2 Å². The molecule has 0 aliphatic carbocycles. The minimum absolute atomic E-state index is 0.0541. The van der Waals surface area contributed by atoms with Gasteiger partial charge in [0.15, 0.2) is 0 Å². The summed E-state index contributed by atoms with van der Waals surface area (Å²) in [6.45, 7) is 0.581. The zero-order chi connectivity index (χ0) is 15.5. The van der Waals surface area contributed by atoms with Gasteiger partial charge in [0.05, 0.1) is 4.90 Å². The van der Waals surface area contributed by atoms with Crippen LogP contribution < -0.4 is 5.73 Å². The number of nitrogens with zero attached hydrogens (tertiary/aromatic N) is 1. The van der Waals surface area contributed by atoms with Crippen LogP contribution in [0.3, 0.4) is 0 Å². The van der Waals surface area contributed by atoms with Crippen molar-refractivity contribution >= 4 is 27.2 Å². The lowest BCUT2D eigenvalue weighted by molar-refractivity contribution is 0.264. The minimum atomic E-state index is -3.61. The third-order valence-electron chi connectivity index (χ3n) is 3.76. The van der Waals surface area contributed by atoms with Gasteiger partial charge in [-0.3, -0.25) is 0 Å². The van der Waals surface area contributed by atoms with E-state index in [0.29, 0.717) is 24.9 Å². The fraction of sp³-hybridized carbons (Fsp3) is 0.500. The largest absolute Gasteiger partial charge is 0.396 e. The molecular weight excluding hydrogens is 308 g/mol. The summed E-state index contributed by atoms with van der Waals surface area (Å²) in [5.74, 6) is 0. The summed E-state index contributed by atoms with van der Waals surface area (Å²) in [5.41, 5.74) is 6.03. The maximum Gasteiger partial charge on any atom is 0.244 e. The molecule has 5 nitrogen and oxygen atoms in total. The molecule has 1 aromatic rings. The van der Waals surface area contributed by atoms with E-state index < -0.39 is 10.0 Å². The molecule has 1 aliphatic rings. The molecule has 0 aromatic heterocycles. The molecule has 1 aliphatic heterocycles. The normalized spacial score (nSPS) is 19.8. The van der Waals surface area contributed by atoms with Crippen molar-refractivity contribution in [3.05, 3.63) is 29.8 Å². The van der Waals surface area contributed by atoms with Crippen molar-refractivity contribution in [3.8, 4) is 0 Å². The van der Waals surface area contributed by atoms with Crippen molar-refractivity contribution < 1.29 is 13.5 Å². The van der Waals surface area contributed by atoms with Gasteiger partial charge in [0.1, 0.15) is 4.99 Å². The summed E-state index contributed by atoms with van der Waals surface area (Å²) < 4.78 is 27.3. The van der Waals surface area contributed by atoms with Gasteiger partial charge in [0, 0.05) is 24.8 Å². The summed E-state index contributed by atoms with van der Waals surface area (Å²) in [5, 5.41) is 8.95. The quantitative estimate of drug-likeness (QED) is 0.768. The number of aliphatic hydroxyl groups is 1. The molecule has 0 saturated carbocycles. The maximum atomic E-state index is 12.9. The number of sulfonamides is 1. The van der Waals surface area contributed by atoms with Crippen LogP contribution in [0.25, 0.3) is 0 Å². The molecule has 0 spiro atoms. The number of nitrogens with two attached hydrogens (primary N) is 1. The Morgan fingerprint density at radius 3 is 2.81 bits per heavy atom. The molecule has 1 aromatic carbocycles. The third kappa shape index (κ3) is 3.42. The minimum Gasteiger partial charge on any atom is -0.396 e. The molecule has 0 bridgehead atoms. The predicted molar refractivity (Wildman–Crippen MR) is 85.6 cm³/mol. The Kier molecular flexibility index (Phi) is 5.32. The number of aliphatic hydroxyl groups excluding tert-OH is 1. The van der Waals surface area contributed by atoms with Gasteiger partial charge in [-0.05, 0) is 31.7 Å². The van der Waals surface area contributed by atoms with Gasteiger partial charge in [-0.2, -0.15) is 4.31 Å². The molecular formula is C14H20N2O3S2. The van der Waals surface area contributed by atoms with Crippen molar-refractivity contribution in [2.75, 3.05) is 13.2 Å². The van der Waals surface area contributed by atoms with E-state index in [4.69, 9.17) is 23.1 Å². The van der Waals surface area contributed by atoms with Crippen LogP contribution in [0.5, 0.6) is 0 Å². The number of thiocarbonyl (C=S) groups is 1. The Hall–Kier alpha value is -1.02. The predicted octanol–water partition coefficient (Wildman–Crippen LogP) is 1.25. The number of hydrogen-bond donors (Lipinski definition) is 2. The van der Waals surface area contributed by atoms with Gasteiger partial charge in [-0.15, -0.1) is 0 Å². The molecule has 7 heteroatoms. The fourth-order valence-electron chi connectivity index (χ4n) is 2.76. The molecule has 21 heavy (non-hydrogen) atoms. The average Bonchev–Trinajstić information content (AvgIpc) is 2.94. The Balaban J connectivity index is 2.36. The Morgan fingerprint density at radius 2 is 2.14 bits per heavy atom. The molecule has 1 atom stereocenters. The van der Waals surface area contributed by atoms with Crippen LogP contribution in [0, 0.1) is 0 Å². The van der Waals surface area contributed by atoms with Crippen molar-refractivity contribution in [2.24, 2.45) is 5.73 Å². The van der Waals surface area contributed by atoms with Gasteiger partial charge in [-0.25, -0.2) is 8.42 Å². The van der Waals surface area contributed by atoms with Crippen molar-refractivity contribution in [1.29, 1.82) is 0 Å². The second-order valence-electron chi connectivity index (χ2n) is 5.14. The SMILES string of the molecule is NC(=S)c1ccccc1S(=O)(=O)N1CCCC1CCCO. The Labute approximate surface area is 130 Å². The molecule has 1 fully saturated rings. The first-order valence-corrected chi connectivity index (χ1v) is 8.85. The van der Waals surface area contributed by atoms with Gasteiger partial charge in [0.2, 0.25) is 10.0 Å². The summed E-state index contributed by atoms with van der Waals surface area (Å²) in [6.07, 6.45) is 2.94. The Morgan fingerprint density at radius 1 is 1.43 bits per heavy atom. The number of rotatable bonds is 6. The van der Waals surface area contributed by atoms with E-state index in [0.717, 1.165) is 12.8 Å². The lowest BCUT2D eigenvalue weighted by Gasteiger charge is -2.25. The van der Waals surface area contributed by atoms with Gasteiger partial charge >= 0.3 is 0 Å². The molecule has 1 heterocycles. The highest BCUT2D eigenvalue weighted by Crippen LogP contribution is 2.30. The van der Waals surface area contributed by atoms with E-state index in [-0.39, 0.29) is 22.5 Å². The second kappa shape index (κ2) is 6.83. The molecule has 0 radical (unpaired) electrons. The van der Waals surface area contributed by atoms with E-state index in [1.165, 1.54) is 4.31 Å². The van der Waals surface area contributed by atoms with E-state index in [2.05, 4.69) is 0 Å². The van der Waals surface area contributed by atoms with Gasteiger partial charge in [-0.1, -0.05) is 30.4 Å². The van der Waals surface area contributed by atoms with E-state index >= 15 is 0 Å². The van der Waals surface area contributed by atoms with E-state index in [9.17, 15) is 8.42 Å². The van der Waals surface area contributed by atoms with Crippen LogP contribution in [-0.4, -0.2) is 42.0 Å². The first-order chi connectivity index (χ1) is 9.98.